The van der Waals surface area contributed by atoms with Crippen molar-refractivity contribution >= 4 is 5.82 Å². The molecule has 18 heavy (non-hydrogen) atoms. The zero-order chi connectivity index (χ0) is 13.3. The number of hydrogen-bond acceptors (Lipinski definition) is 3. The first-order valence-electron chi connectivity index (χ1n) is 4.89. The van der Waals surface area contributed by atoms with Crippen LogP contribution in [-0.4, -0.2) is 9.78 Å². The summed E-state index contributed by atoms with van der Waals surface area (Å²) in [6.45, 7) is 0. The molecule has 2 N–H and O–H groups in total. The van der Waals surface area contributed by atoms with Gasteiger partial charge in [-0.1, -0.05) is 0 Å². The maximum absolute atomic E-state index is 13.5. The van der Waals surface area contributed by atoms with Gasteiger partial charge in [0.1, 0.15) is 11.5 Å². The van der Waals surface area contributed by atoms with Crippen molar-refractivity contribution in [3.05, 3.63) is 41.3 Å². The van der Waals surface area contributed by atoms with Crippen molar-refractivity contribution in [3.63, 3.8) is 0 Å². The van der Waals surface area contributed by atoms with Gasteiger partial charge in [-0.2, -0.15) is 10.4 Å². The van der Waals surface area contributed by atoms with Crippen molar-refractivity contribution in [2.24, 2.45) is 0 Å². The Labute approximate surface area is 100 Å². The zero-order valence-electron chi connectivity index (χ0n) is 8.99. The average Bonchev–Trinajstić information content (AvgIpc) is 2.67. The fourth-order valence-corrected chi connectivity index (χ4v) is 1.48. The van der Waals surface area contributed by atoms with E-state index in [-0.39, 0.29) is 17.9 Å². The van der Waals surface area contributed by atoms with Crippen LogP contribution < -0.4 is 5.73 Å². The van der Waals surface area contributed by atoms with E-state index in [1.54, 1.807) is 0 Å². The lowest BCUT2D eigenvalue weighted by molar-refractivity contribution is 0.491. The van der Waals surface area contributed by atoms with Crippen LogP contribution in [0.25, 0.3) is 5.69 Å². The van der Waals surface area contributed by atoms with E-state index in [1.165, 1.54) is 6.20 Å². The molecule has 92 valence electrons. The number of nitrogens with two attached hydrogens (primary N) is 1. The normalized spacial score (nSPS) is 10.3. The SMILES string of the molecule is N#CCc1cnn(-c2cc(F)c(F)cc2F)c1N. The Morgan fingerprint density at radius 1 is 1.22 bits per heavy atom. The van der Waals surface area contributed by atoms with Gasteiger partial charge in [0.15, 0.2) is 17.5 Å². The molecule has 2 aromatic rings. The van der Waals surface area contributed by atoms with Gasteiger partial charge in [0.25, 0.3) is 0 Å². The number of anilines is 1. The number of benzene rings is 1. The standard InChI is InChI=1S/C11H7F3N4/c12-7-3-9(14)10(4-8(7)13)18-11(16)6(1-2-15)5-17-18/h3-5H,1,16H2. The van der Waals surface area contributed by atoms with Gasteiger partial charge in [-0.15, -0.1) is 0 Å². The lowest BCUT2D eigenvalue weighted by Gasteiger charge is -2.06. The molecule has 1 aromatic carbocycles. The van der Waals surface area contributed by atoms with Crippen molar-refractivity contribution in [2.75, 3.05) is 5.73 Å². The van der Waals surface area contributed by atoms with Crippen LogP contribution in [0.15, 0.2) is 18.3 Å². The highest BCUT2D eigenvalue weighted by Gasteiger charge is 2.15. The molecule has 0 aliphatic rings. The summed E-state index contributed by atoms with van der Waals surface area (Å²) in [5.74, 6) is -3.48. The fraction of sp³-hybridized carbons (Fsp3) is 0.0909. The molecule has 0 unspecified atom stereocenters. The molecule has 0 aliphatic heterocycles. The number of nitrogen functional groups attached to an aromatic ring is 1. The van der Waals surface area contributed by atoms with Crippen LogP contribution in [0.2, 0.25) is 0 Å². The smallest absolute Gasteiger partial charge is 0.161 e. The largest absolute Gasteiger partial charge is 0.383 e. The quantitative estimate of drug-likeness (QED) is 0.830. The van der Waals surface area contributed by atoms with Crippen LogP contribution >= 0.6 is 0 Å². The van der Waals surface area contributed by atoms with Gasteiger partial charge in [0.05, 0.1) is 18.7 Å². The first kappa shape index (κ1) is 12.0. The van der Waals surface area contributed by atoms with E-state index < -0.39 is 17.5 Å². The molecule has 4 nitrogen and oxygen atoms in total. The second-order valence-electron chi connectivity index (χ2n) is 3.52. The lowest BCUT2D eigenvalue weighted by Crippen LogP contribution is -2.06. The Hall–Kier alpha value is -2.49. The van der Waals surface area contributed by atoms with E-state index in [0.717, 1.165) is 4.68 Å². The molecular weight excluding hydrogens is 245 g/mol. The number of nitriles is 1. The van der Waals surface area contributed by atoms with Crippen molar-refractivity contribution in [2.45, 2.75) is 6.42 Å². The Balaban J connectivity index is 2.56. The van der Waals surface area contributed by atoms with Crippen molar-refractivity contribution in [1.82, 2.24) is 9.78 Å². The molecule has 2 rings (SSSR count). The predicted molar refractivity (Wildman–Crippen MR) is 57.2 cm³/mol. The molecular formula is C11H7F3N4. The number of aromatic nitrogens is 2. The summed E-state index contributed by atoms with van der Waals surface area (Å²) in [6.07, 6.45) is 1.27. The summed E-state index contributed by atoms with van der Waals surface area (Å²) >= 11 is 0. The van der Waals surface area contributed by atoms with Crippen LogP contribution in [0.5, 0.6) is 0 Å². The highest BCUT2D eigenvalue weighted by Crippen LogP contribution is 2.22. The van der Waals surface area contributed by atoms with Gasteiger partial charge in [-0.25, -0.2) is 17.9 Å². The van der Waals surface area contributed by atoms with Crippen LogP contribution in [0.3, 0.4) is 0 Å². The van der Waals surface area contributed by atoms with Gasteiger partial charge < -0.3 is 5.73 Å². The van der Waals surface area contributed by atoms with Gasteiger partial charge in [-0.3, -0.25) is 0 Å². The summed E-state index contributed by atoms with van der Waals surface area (Å²) in [5.41, 5.74) is 5.73. The first-order chi connectivity index (χ1) is 8.54. The average molecular weight is 252 g/mol. The van der Waals surface area contributed by atoms with E-state index in [0.29, 0.717) is 17.7 Å². The van der Waals surface area contributed by atoms with E-state index in [1.807, 2.05) is 6.07 Å². The summed E-state index contributed by atoms with van der Waals surface area (Å²) in [7, 11) is 0. The lowest BCUT2D eigenvalue weighted by atomic mass is 10.2. The molecule has 1 heterocycles. The van der Waals surface area contributed by atoms with E-state index >= 15 is 0 Å². The van der Waals surface area contributed by atoms with Crippen molar-refractivity contribution in [3.8, 4) is 11.8 Å². The van der Waals surface area contributed by atoms with E-state index in [9.17, 15) is 13.2 Å². The van der Waals surface area contributed by atoms with Gasteiger partial charge in [0.2, 0.25) is 0 Å². The Kier molecular flexibility index (Phi) is 2.93. The number of hydrogen-bond donors (Lipinski definition) is 1. The summed E-state index contributed by atoms with van der Waals surface area (Å²) in [4.78, 5) is 0. The molecule has 0 aliphatic carbocycles. The molecule has 7 heteroatoms. The second kappa shape index (κ2) is 4.41. The van der Waals surface area contributed by atoms with Crippen molar-refractivity contribution in [1.29, 1.82) is 5.26 Å². The van der Waals surface area contributed by atoms with Crippen LogP contribution in [0.1, 0.15) is 5.56 Å². The van der Waals surface area contributed by atoms with Gasteiger partial charge in [0, 0.05) is 17.7 Å². The number of halogens is 3. The molecule has 0 amide bonds. The third-order valence-corrected chi connectivity index (χ3v) is 2.37. The first-order valence-corrected chi connectivity index (χ1v) is 4.89. The maximum Gasteiger partial charge on any atom is 0.161 e. The molecule has 0 atom stereocenters. The summed E-state index contributed by atoms with van der Waals surface area (Å²) in [5, 5.41) is 12.3. The molecule has 0 bridgehead atoms. The highest BCUT2D eigenvalue weighted by molar-refractivity contribution is 5.48. The van der Waals surface area contributed by atoms with Gasteiger partial charge in [-0.05, 0) is 0 Å². The van der Waals surface area contributed by atoms with Gasteiger partial charge >= 0.3 is 0 Å². The topological polar surface area (TPSA) is 67.6 Å². The molecule has 1 aromatic heterocycles. The minimum Gasteiger partial charge on any atom is -0.383 e. The molecule has 0 radical (unpaired) electrons. The fourth-order valence-electron chi connectivity index (χ4n) is 1.48. The second-order valence-corrected chi connectivity index (χ2v) is 3.52. The Bertz CT molecular complexity index is 642. The molecule has 0 saturated carbocycles. The minimum absolute atomic E-state index is 0.00285. The van der Waals surface area contributed by atoms with Crippen LogP contribution in [-0.2, 0) is 6.42 Å². The van der Waals surface area contributed by atoms with Crippen LogP contribution in [0, 0.1) is 28.8 Å². The van der Waals surface area contributed by atoms with Crippen LogP contribution in [0.4, 0.5) is 19.0 Å². The van der Waals surface area contributed by atoms with Crippen molar-refractivity contribution < 1.29 is 13.2 Å². The third kappa shape index (κ3) is 1.88. The van der Waals surface area contributed by atoms with E-state index in [2.05, 4.69) is 5.10 Å². The number of nitrogens with zero attached hydrogens (tertiary/aromatic N) is 3. The molecule has 0 saturated heterocycles. The summed E-state index contributed by atoms with van der Waals surface area (Å²) < 4.78 is 40.3. The molecule has 0 fully saturated rings. The Morgan fingerprint density at radius 3 is 2.56 bits per heavy atom. The third-order valence-electron chi connectivity index (χ3n) is 2.37. The monoisotopic (exact) mass is 252 g/mol. The van der Waals surface area contributed by atoms with E-state index in [4.69, 9.17) is 11.0 Å². The zero-order valence-corrected chi connectivity index (χ0v) is 8.99. The minimum atomic E-state index is -1.29. The summed E-state index contributed by atoms with van der Waals surface area (Å²) in [6, 6.07) is 2.93. The Morgan fingerprint density at radius 2 is 1.89 bits per heavy atom. The highest BCUT2D eigenvalue weighted by atomic mass is 19.2. The molecule has 0 spiro atoms. The maximum atomic E-state index is 13.5. The number of rotatable bonds is 2. The predicted octanol–water partition coefficient (Wildman–Crippen LogP) is 1.94.